The number of hydrogen-bond donors (Lipinski definition) is 1. The van der Waals surface area contributed by atoms with Crippen LogP contribution in [0.1, 0.15) is 20.3 Å². The molecule has 1 N–H and O–H groups in total. The van der Waals surface area contributed by atoms with Gasteiger partial charge in [0, 0.05) is 32.4 Å². The Morgan fingerprint density at radius 2 is 2.30 bits per heavy atom. The molecule has 1 saturated heterocycles. The standard InChI is InChI=1S/C13H21N3O3S/c1-3-14-13-6-5-12(9-15-13)20(17,18)16-7-4-8-19-11(2)10-16/h5-6,9,11H,3-4,7-8,10H2,1-2H3,(H,14,15). The van der Waals surface area contributed by atoms with Crippen molar-refractivity contribution in [2.24, 2.45) is 0 Å². The van der Waals surface area contributed by atoms with Gasteiger partial charge in [0.1, 0.15) is 10.7 Å². The first kappa shape index (κ1) is 15.2. The number of aromatic nitrogens is 1. The minimum Gasteiger partial charge on any atom is -0.377 e. The van der Waals surface area contributed by atoms with Crippen LogP contribution in [0.25, 0.3) is 0 Å². The molecule has 7 heteroatoms. The summed E-state index contributed by atoms with van der Waals surface area (Å²) in [4.78, 5) is 4.35. The molecule has 0 aromatic carbocycles. The second-order valence-electron chi connectivity index (χ2n) is 4.81. The summed E-state index contributed by atoms with van der Waals surface area (Å²) in [7, 11) is -3.49. The molecule has 0 aliphatic carbocycles. The Labute approximate surface area is 120 Å². The molecule has 2 heterocycles. The summed E-state index contributed by atoms with van der Waals surface area (Å²) in [6.45, 7) is 6.08. The van der Waals surface area contributed by atoms with E-state index in [1.165, 1.54) is 10.5 Å². The fourth-order valence-corrected chi connectivity index (χ4v) is 3.64. The SMILES string of the molecule is CCNc1ccc(S(=O)(=O)N2CCCOC(C)C2)cn1. The molecule has 1 aliphatic rings. The molecular weight excluding hydrogens is 278 g/mol. The molecule has 1 unspecified atom stereocenters. The number of sulfonamides is 1. The van der Waals surface area contributed by atoms with Gasteiger partial charge in [-0.1, -0.05) is 0 Å². The van der Waals surface area contributed by atoms with Crippen molar-refractivity contribution in [2.45, 2.75) is 31.3 Å². The highest BCUT2D eigenvalue weighted by Crippen LogP contribution is 2.19. The van der Waals surface area contributed by atoms with E-state index in [0.717, 1.165) is 6.54 Å². The maximum atomic E-state index is 12.6. The Balaban J connectivity index is 2.20. The molecule has 6 nitrogen and oxygen atoms in total. The lowest BCUT2D eigenvalue weighted by Crippen LogP contribution is -2.36. The first-order chi connectivity index (χ1) is 9.54. The number of ether oxygens (including phenoxy) is 1. The van der Waals surface area contributed by atoms with Crippen molar-refractivity contribution in [3.8, 4) is 0 Å². The van der Waals surface area contributed by atoms with Crippen LogP contribution >= 0.6 is 0 Å². The summed E-state index contributed by atoms with van der Waals surface area (Å²) < 4.78 is 32.1. The third-order valence-electron chi connectivity index (χ3n) is 3.15. The average Bonchev–Trinajstić information content (AvgIpc) is 2.65. The van der Waals surface area contributed by atoms with Crippen LogP contribution in [0.5, 0.6) is 0 Å². The number of anilines is 1. The van der Waals surface area contributed by atoms with Crippen molar-refractivity contribution in [3.63, 3.8) is 0 Å². The maximum Gasteiger partial charge on any atom is 0.244 e. The minimum atomic E-state index is -3.49. The molecule has 20 heavy (non-hydrogen) atoms. The van der Waals surface area contributed by atoms with Crippen molar-refractivity contribution < 1.29 is 13.2 Å². The highest BCUT2D eigenvalue weighted by molar-refractivity contribution is 7.89. The molecule has 1 aromatic heterocycles. The quantitative estimate of drug-likeness (QED) is 0.907. The van der Waals surface area contributed by atoms with Gasteiger partial charge >= 0.3 is 0 Å². The van der Waals surface area contributed by atoms with Crippen molar-refractivity contribution in [1.82, 2.24) is 9.29 Å². The van der Waals surface area contributed by atoms with Crippen molar-refractivity contribution in [1.29, 1.82) is 0 Å². The fourth-order valence-electron chi connectivity index (χ4n) is 2.14. The van der Waals surface area contributed by atoms with E-state index in [9.17, 15) is 8.42 Å². The predicted molar refractivity (Wildman–Crippen MR) is 77.2 cm³/mol. The van der Waals surface area contributed by atoms with Crippen LogP contribution < -0.4 is 5.32 Å². The van der Waals surface area contributed by atoms with Gasteiger partial charge in [0.15, 0.2) is 0 Å². The summed E-state index contributed by atoms with van der Waals surface area (Å²) in [6, 6.07) is 3.28. The van der Waals surface area contributed by atoms with Crippen LogP contribution in [0, 0.1) is 0 Å². The van der Waals surface area contributed by atoms with Crippen molar-refractivity contribution in [3.05, 3.63) is 18.3 Å². The highest BCUT2D eigenvalue weighted by Gasteiger charge is 2.28. The summed E-state index contributed by atoms with van der Waals surface area (Å²) in [5, 5.41) is 3.04. The zero-order valence-electron chi connectivity index (χ0n) is 11.9. The highest BCUT2D eigenvalue weighted by atomic mass is 32.2. The Kier molecular flexibility index (Phi) is 4.95. The fraction of sp³-hybridized carbons (Fsp3) is 0.615. The summed E-state index contributed by atoms with van der Waals surface area (Å²) >= 11 is 0. The largest absolute Gasteiger partial charge is 0.377 e. The molecule has 1 aliphatic heterocycles. The number of rotatable bonds is 4. The van der Waals surface area contributed by atoms with Crippen molar-refractivity contribution in [2.75, 3.05) is 31.6 Å². The Morgan fingerprint density at radius 1 is 1.50 bits per heavy atom. The second kappa shape index (κ2) is 6.51. The third-order valence-corrected chi connectivity index (χ3v) is 5.00. The molecule has 1 fully saturated rings. The lowest BCUT2D eigenvalue weighted by atomic mass is 10.4. The first-order valence-corrected chi connectivity index (χ1v) is 8.29. The van der Waals surface area contributed by atoms with Gasteiger partial charge in [-0.15, -0.1) is 0 Å². The van der Waals surface area contributed by atoms with Gasteiger partial charge in [-0.05, 0) is 32.4 Å². The molecule has 2 rings (SSSR count). The molecule has 0 radical (unpaired) electrons. The molecular formula is C13H21N3O3S. The Hall–Kier alpha value is -1.18. The van der Waals surface area contributed by atoms with Crippen LogP contribution in [0.3, 0.4) is 0 Å². The van der Waals surface area contributed by atoms with Crippen molar-refractivity contribution >= 4 is 15.8 Å². The first-order valence-electron chi connectivity index (χ1n) is 6.85. The molecule has 1 aromatic rings. The van der Waals surface area contributed by atoms with Gasteiger partial charge in [-0.25, -0.2) is 13.4 Å². The van der Waals surface area contributed by atoms with Crippen LogP contribution in [-0.2, 0) is 14.8 Å². The van der Waals surface area contributed by atoms with Crippen LogP contribution in [0.4, 0.5) is 5.82 Å². The van der Waals surface area contributed by atoms with Crippen LogP contribution in [-0.4, -0.2) is 50.1 Å². The molecule has 0 saturated carbocycles. The number of nitrogens with zero attached hydrogens (tertiary/aromatic N) is 2. The molecule has 112 valence electrons. The van der Waals surface area contributed by atoms with E-state index in [0.29, 0.717) is 31.9 Å². The molecule has 0 spiro atoms. The monoisotopic (exact) mass is 299 g/mol. The summed E-state index contributed by atoms with van der Waals surface area (Å²) in [5.41, 5.74) is 0. The van der Waals surface area contributed by atoms with E-state index in [-0.39, 0.29) is 11.0 Å². The van der Waals surface area contributed by atoms with Gasteiger partial charge in [0.2, 0.25) is 10.0 Å². The van der Waals surface area contributed by atoms with Crippen LogP contribution in [0.2, 0.25) is 0 Å². The van der Waals surface area contributed by atoms with Gasteiger partial charge in [-0.2, -0.15) is 4.31 Å². The van der Waals surface area contributed by atoms with E-state index < -0.39 is 10.0 Å². The lowest BCUT2D eigenvalue weighted by Gasteiger charge is -2.21. The molecule has 1 atom stereocenters. The zero-order valence-corrected chi connectivity index (χ0v) is 12.7. The van der Waals surface area contributed by atoms with E-state index in [1.54, 1.807) is 12.1 Å². The van der Waals surface area contributed by atoms with E-state index in [1.807, 2.05) is 13.8 Å². The van der Waals surface area contributed by atoms with Gasteiger partial charge < -0.3 is 10.1 Å². The van der Waals surface area contributed by atoms with Gasteiger partial charge in [-0.3, -0.25) is 0 Å². The smallest absolute Gasteiger partial charge is 0.244 e. The van der Waals surface area contributed by atoms with E-state index in [4.69, 9.17) is 4.74 Å². The average molecular weight is 299 g/mol. The zero-order chi connectivity index (χ0) is 14.6. The van der Waals surface area contributed by atoms with Gasteiger partial charge in [0.25, 0.3) is 0 Å². The van der Waals surface area contributed by atoms with Crippen LogP contribution in [0.15, 0.2) is 23.2 Å². The molecule has 0 bridgehead atoms. The molecule has 0 amide bonds. The topological polar surface area (TPSA) is 71.5 Å². The summed E-state index contributed by atoms with van der Waals surface area (Å²) in [6.07, 6.45) is 2.04. The number of hydrogen-bond acceptors (Lipinski definition) is 5. The Bertz CT molecular complexity index is 530. The normalized spacial score (nSPS) is 21.4. The third kappa shape index (κ3) is 3.47. The lowest BCUT2D eigenvalue weighted by molar-refractivity contribution is 0.0752. The number of nitrogens with one attached hydrogen (secondary N) is 1. The van der Waals surface area contributed by atoms with E-state index >= 15 is 0 Å². The number of pyridine rings is 1. The second-order valence-corrected chi connectivity index (χ2v) is 6.75. The maximum absolute atomic E-state index is 12.6. The summed E-state index contributed by atoms with van der Waals surface area (Å²) in [5.74, 6) is 0.680. The Morgan fingerprint density at radius 3 is 2.95 bits per heavy atom. The van der Waals surface area contributed by atoms with Gasteiger partial charge in [0.05, 0.1) is 6.10 Å². The minimum absolute atomic E-state index is 0.0822. The van der Waals surface area contributed by atoms with E-state index in [2.05, 4.69) is 10.3 Å². The predicted octanol–water partition coefficient (Wildman–Crippen LogP) is 1.31.